The van der Waals surface area contributed by atoms with Gasteiger partial charge in [-0.05, 0) is 49.6 Å². The molecule has 0 aliphatic carbocycles. The van der Waals surface area contributed by atoms with E-state index in [9.17, 15) is 22.4 Å². The number of aryl methyl sites for hydroxylation is 1. The molecule has 6 rings (SSSR count). The summed E-state index contributed by atoms with van der Waals surface area (Å²) in [6.07, 6.45) is -2.86. The van der Waals surface area contributed by atoms with Crippen molar-refractivity contribution in [3.8, 4) is 17.1 Å². The second-order valence-corrected chi connectivity index (χ2v) is 8.38. The summed E-state index contributed by atoms with van der Waals surface area (Å²) in [6.45, 7) is 0.374. The van der Waals surface area contributed by atoms with Gasteiger partial charge in [-0.3, -0.25) is 20.1 Å². The van der Waals surface area contributed by atoms with Crippen LogP contribution in [0.15, 0.2) is 35.1 Å². The van der Waals surface area contributed by atoms with Gasteiger partial charge in [-0.15, -0.1) is 0 Å². The third-order valence-corrected chi connectivity index (χ3v) is 6.01. The van der Waals surface area contributed by atoms with E-state index in [4.69, 9.17) is 4.74 Å². The third kappa shape index (κ3) is 3.72. The monoisotopic (exact) mass is 499 g/mol. The first-order valence-electron chi connectivity index (χ1n) is 11.0. The van der Waals surface area contributed by atoms with Crippen molar-refractivity contribution >= 4 is 33.4 Å². The number of aromatic amines is 3. The normalized spacial score (nSPS) is 14.0. The summed E-state index contributed by atoms with van der Waals surface area (Å²) in [5, 5.41) is 15.1. The maximum Gasteiger partial charge on any atom is 0.417 e. The zero-order chi connectivity index (χ0) is 25.0. The number of alkyl halides is 3. The molecule has 2 aromatic carbocycles. The number of H-pyrrole nitrogens is 3. The second kappa shape index (κ2) is 8.07. The molecule has 0 bridgehead atoms. The summed E-state index contributed by atoms with van der Waals surface area (Å²) in [7, 11) is 0. The second-order valence-electron chi connectivity index (χ2n) is 8.38. The van der Waals surface area contributed by atoms with E-state index in [1.54, 1.807) is 0 Å². The zero-order valence-electron chi connectivity index (χ0n) is 18.4. The molecule has 0 amide bonds. The van der Waals surface area contributed by atoms with Crippen LogP contribution in [0.4, 0.5) is 29.2 Å². The van der Waals surface area contributed by atoms with Gasteiger partial charge in [-0.2, -0.15) is 18.3 Å². The van der Waals surface area contributed by atoms with Crippen LogP contribution in [-0.4, -0.2) is 37.0 Å². The van der Waals surface area contributed by atoms with Gasteiger partial charge >= 0.3 is 6.18 Å². The third-order valence-electron chi connectivity index (χ3n) is 6.01. The molecule has 0 spiro atoms. The minimum Gasteiger partial charge on any atom is -0.488 e. The molecule has 13 heteroatoms. The number of benzene rings is 2. The van der Waals surface area contributed by atoms with Gasteiger partial charge in [-0.1, -0.05) is 0 Å². The van der Waals surface area contributed by atoms with E-state index >= 15 is 0 Å². The van der Waals surface area contributed by atoms with Crippen LogP contribution in [0.1, 0.15) is 24.1 Å². The molecule has 36 heavy (non-hydrogen) atoms. The van der Waals surface area contributed by atoms with Crippen molar-refractivity contribution in [2.75, 3.05) is 11.9 Å². The largest absolute Gasteiger partial charge is 0.488 e. The smallest absolute Gasteiger partial charge is 0.417 e. The van der Waals surface area contributed by atoms with Crippen LogP contribution in [0.3, 0.4) is 0 Å². The van der Waals surface area contributed by atoms with Crippen LogP contribution < -0.4 is 15.6 Å². The Balaban J connectivity index is 1.57. The van der Waals surface area contributed by atoms with Gasteiger partial charge < -0.3 is 10.1 Å². The molecule has 0 fully saturated rings. The molecule has 0 unspecified atom stereocenters. The number of rotatable bonds is 3. The number of fused-ring (bicyclic) bond motifs is 3. The van der Waals surface area contributed by atoms with Crippen LogP contribution in [0, 0.1) is 5.82 Å². The first kappa shape index (κ1) is 22.1. The van der Waals surface area contributed by atoms with Crippen LogP contribution in [0.25, 0.3) is 33.2 Å². The summed E-state index contributed by atoms with van der Waals surface area (Å²) in [4.78, 5) is 20.9. The first-order valence-corrected chi connectivity index (χ1v) is 11.0. The molecule has 5 aromatic rings. The van der Waals surface area contributed by atoms with Gasteiger partial charge in [0.15, 0.2) is 23.2 Å². The first-order chi connectivity index (χ1) is 17.3. The highest BCUT2D eigenvalue weighted by atomic mass is 19.4. The van der Waals surface area contributed by atoms with Gasteiger partial charge in [0, 0.05) is 10.9 Å². The summed E-state index contributed by atoms with van der Waals surface area (Å²) in [6, 6.07) is 6.04. The Kier molecular flexibility index (Phi) is 4.95. The van der Waals surface area contributed by atoms with E-state index in [1.165, 1.54) is 18.2 Å². The summed E-state index contributed by atoms with van der Waals surface area (Å²) in [5.41, 5.74) is -0.941. The number of hydrogen-bond donors (Lipinski definition) is 4. The van der Waals surface area contributed by atoms with Crippen LogP contribution in [0.5, 0.6) is 5.75 Å². The fraction of sp³-hybridized carbons (Fsp3) is 0.217. The Morgan fingerprint density at radius 3 is 2.67 bits per heavy atom. The van der Waals surface area contributed by atoms with E-state index in [-0.39, 0.29) is 39.7 Å². The van der Waals surface area contributed by atoms with E-state index < -0.39 is 23.1 Å². The van der Waals surface area contributed by atoms with Gasteiger partial charge in [-0.25, -0.2) is 14.4 Å². The maximum atomic E-state index is 14.0. The molecule has 1 aliphatic rings. The maximum absolute atomic E-state index is 14.0. The van der Waals surface area contributed by atoms with Crippen LogP contribution in [-0.2, 0) is 12.6 Å². The van der Waals surface area contributed by atoms with Crippen LogP contribution in [0.2, 0.25) is 0 Å². The van der Waals surface area contributed by atoms with Crippen molar-refractivity contribution in [1.82, 2.24) is 30.4 Å². The predicted octanol–water partition coefficient (Wildman–Crippen LogP) is 4.81. The van der Waals surface area contributed by atoms with Crippen molar-refractivity contribution < 1.29 is 22.3 Å². The minimum absolute atomic E-state index is 0.0116. The number of nitrogens with one attached hydrogen (secondary N) is 4. The highest BCUT2D eigenvalue weighted by Crippen LogP contribution is 2.40. The summed E-state index contributed by atoms with van der Waals surface area (Å²) >= 11 is 0. The topological polar surface area (TPSA) is 124 Å². The Morgan fingerprint density at radius 1 is 0.972 bits per heavy atom. The van der Waals surface area contributed by atoms with Gasteiger partial charge in [0.1, 0.15) is 5.82 Å². The Hall–Kier alpha value is -4.42. The average Bonchev–Trinajstić information content (AvgIpc) is 3.31. The van der Waals surface area contributed by atoms with Crippen molar-refractivity contribution in [3.05, 3.63) is 57.8 Å². The fourth-order valence-electron chi connectivity index (χ4n) is 4.29. The molecular formula is C23H17F4N7O2. The minimum atomic E-state index is -4.74. The molecule has 184 valence electrons. The Morgan fingerprint density at radius 2 is 1.83 bits per heavy atom. The number of halogens is 4. The van der Waals surface area contributed by atoms with E-state index in [0.717, 1.165) is 18.6 Å². The molecule has 0 atom stereocenters. The van der Waals surface area contributed by atoms with Crippen molar-refractivity contribution in [1.29, 1.82) is 0 Å². The molecular weight excluding hydrogens is 482 g/mol. The molecule has 0 saturated heterocycles. The lowest BCUT2D eigenvalue weighted by Gasteiger charge is -2.17. The number of nitrogens with zero attached hydrogens (tertiary/aromatic N) is 3. The molecule has 0 saturated carbocycles. The lowest BCUT2D eigenvalue weighted by Crippen LogP contribution is -2.11. The standard InChI is InChI=1S/C23H17F4N7O2/c24-10-4-5-15-12(7-10)20(33-31-15)30-21-18-16(3-1-2-6-36-18)28-19(29-21)11-8-13-17(32-34-22(13)35)9-14(11)23(25,26)27/h4-5,7-9H,1-3,6H2,(H2,32,34,35)(H2,28,29,30,31,33). The SMILES string of the molecule is O=c1[nH][nH]c2cc(C(F)(F)F)c(-c3nc4c(c(Nc5n[nH]c6ccc(F)cc56)n3)OCCCC4)cc12. The zero-order valence-corrected chi connectivity index (χ0v) is 18.4. The predicted molar refractivity (Wildman–Crippen MR) is 123 cm³/mol. The Labute approximate surface area is 198 Å². The number of ether oxygens (including phenoxy) is 1. The van der Waals surface area contributed by atoms with Gasteiger partial charge in [0.05, 0.1) is 34.3 Å². The number of aromatic nitrogens is 6. The molecule has 3 aromatic heterocycles. The lowest BCUT2D eigenvalue weighted by molar-refractivity contribution is -0.137. The molecule has 9 nitrogen and oxygen atoms in total. The average molecular weight is 499 g/mol. The lowest BCUT2D eigenvalue weighted by atomic mass is 10.0. The van der Waals surface area contributed by atoms with E-state index in [0.29, 0.717) is 36.0 Å². The highest BCUT2D eigenvalue weighted by molar-refractivity contribution is 5.92. The molecule has 4 heterocycles. The number of anilines is 2. The highest BCUT2D eigenvalue weighted by Gasteiger charge is 2.36. The van der Waals surface area contributed by atoms with Crippen molar-refractivity contribution in [3.63, 3.8) is 0 Å². The van der Waals surface area contributed by atoms with Crippen LogP contribution >= 0.6 is 0 Å². The summed E-state index contributed by atoms with van der Waals surface area (Å²) < 4.78 is 61.9. The molecule has 4 N–H and O–H groups in total. The quantitative estimate of drug-likeness (QED) is 0.264. The van der Waals surface area contributed by atoms with E-state index in [2.05, 4.69) is 35.7 Å². The van der Waals surface area contributed by atoms with Crippen molar-refractivity contribution in [2.24, 2.45) is 0 Å². The van der Waals surface area contributed by atoms with Gasteiger partial charge in [0.25, 0.3) is 5.56 Å². The van der Waals surface area contributed by atoms with Crippen molar-refractivity contribution in [2.45, 2.75) is 25.4 Å². The molecule has 1 aliphatic heterocycles. The molecule has 0 radical (unpaired) electrons. The summed E-state index contributed by atoms with van der Waals surface area (Å²) in [5.74, 6) is -0.116. The number of hydrogen-bond acceptors (Lipinski definition) is 6. The van der Waals surface area contributed by atoms with Gasteiger partial charge in [0.2, 0.25) is 0 Å². The fourth-order valence-corrected chi connectivity index (χ4v) is 4.29. The Bertz CT molecular complexity index is 1690. The van der Waals surface area contributed by atoms with E-state index in [1.807, 2.05) is 0 Å².